The third-order valence-corrected chi connectivity index (χ3v) is 5.25. The molecule has 0 amide bonds. The van der Waals surface area contributed by atoms with Crippen LogP contribution < -0.4 is 0 Å². The average molecular weight is 342 g/mol. The van der Waals surface area contributed by atoms with Crippen LogP contribution in [0.4, 0.5) is 0 Å². The second-order valence-corrected chi connectivity index (χ2v) is 6.88. The fraction of sp³-hybridized carbons (Fsp3) is 0.190. The van der Waals surface area contributed by atoms with Crippen LogP contribution in [0.25, 0.3) is 17.0 Å². The molecule has 0 radical (unpaired) electrons. The lowest BCUT2D eigenvalue weighted by Crippen LogP contribution is -2.21. The maximum absolute atomic E-state index is 12.7. The van der Waals surface area contributed by atoms with Gasteiger partial charge in [-0.05, 0) is 42.5 Å². The number of hydrogen-bond donors (Lipinski definition) is 1. The number of nitrogens with one attached hydrogen (secondary N) is 1. The Balaban J connectivity index is 1.60. The van der Waals surface area contributed by atoms with E-state index in [4.69, 9.17) is 0 Å². The van der Waals surface area contributed by atoms with Gasteiger partial charge in [-0.15, -0.1) is 0 Å². The first-order valence-electron chi connectivity index (χ1n) is 8.81. The first kappa shape index (κ1) is 15.1. The first-order valence-corrected chi connectivity index (χ1v) is 8.81. The largest absolute Gasteiger partial charge is 0.322 e. The highest BCUT2D eigenvalue weighted by Crippen LogP contribution is 2.34. The number of imidazole rings is 1. The highest BCUT2D eigenvalue weighted by molar-refractivity contribution is 5.98. The molecule has 0 saturated heterocycles. The number of ketones is 1. The van der Waals surface area contributed by atoms with Crippen molar-refractivity contribution in [1.82, 2.24) is 19.7 Å². The quantitative estimate of drug-likeness (QED) is 0.599. The number of Topliss-reactive ketones (excluding diaryl/α,β-unsaturated/α-hetero) is 1. The Bertz CT molecular complexity index is 1100. The van der Waals surface area contributed by atoms with Gasteiger partial charge in [0.15, 0.2) is 5.78 Å². The Kier molecular flexibility index (Phi) is 3.28. The summed E-state index contributed by atoms with van der Waals surface area (Å²) in [4.78, 5) is 20.7. The Morgan fingerprint density at radius 3 is 2.73 bits per heavy atom. The van der Waals surface area contributed by atoms with E-state index < -0.39 is 0 Å². The second kappa shape index (κ2) is 5.66. The van der Waals surface area contributed by atoms with Gasteiger partial charge < -0.3 is 4.98 Å². The summed E-state index contributed by atoms with van der Waals surface area (Å²) in [6.45, 7) is 2.10. The summed E-state index contributed by atoms with van der Waals surface area (Å²) in [5.41, 5.74) is 5.98. The van der Waals surface area contributed by atoms with Gasteiger partial charge in [0, 0.05) is 6.42 Å². The summed E-state index contributed by atoms with van der Waals surface area (Å²) in [6.07, 6.45) is 2.99. The summed E-state index contributed by atoms with van der Waals surface area (Å²) >= 11 is 0. The van der Waals surface area contributed by atoms with Gasteiger partial charge in [-0.3, -0.25) is 4.79 Å². The van der Waals surface area contributed by atoms with Gasteiger partial charge in [-0.25, -0.2) is 9.67 Å². The lowest BCUT2D eigenvalue weighted by molar-refractivity contribution is 0.0963. The molecular weight excluding hydrogens is 324 g/mol. The van der Waals surface area contributed by atoms with Crippen LogP contribution in [0.2, 0.25) is 0 Å². The molecule has 1 aliphatic rings. The number of para-hydroxylation sites is 2. The molecule has 1 atom stereocenters. The zero-order valence-corrected chi connectivity index (χ0v) is 14.4. The van der Waals surface area contributed by atoms with Crippen LogP contribution >= 0.6 is 0 Å². The van der Waals surface area contributed by atoms with E-state index in [1.54, 1.807) is 10.9 Å². The molecule has 5 rings (SSSR count). The smallest absolute Gasteiger partial charge is 0.229 e. The fourth-order valence-corrected chi connectivity index (χ4v) is 3.93. The number of H-pyrrole nitrogens is 1. The van der Waals surface area contributed by atoms with Crippen LogP contribution in [0.1, 0.15) is 39.5 Å². The maximum Gasteiger partial charge on any atom is 0.229 e. The molecule has 0 saturated carbocycles. The van der Waals surface area contributed by atoms with Crippen molar-refractivity contribution in [2.24, 2.45) is 0 Å². The predicted octanol–water partition coefficient (Wildman–Crippen LogP) is 3.97. The SMILES string of the molecule is Cc1ccccc1[C@H]1CC(=O)c2cnn(-c3nc4ccccc4[nH]3)c2C1. The van der Waals surface area contributed by atoms with Gasteiger partial charge in [0.25, 0.3) is 0 Å². The lowest BCUT2D eigenvalue weighted by atomic mass is 9.81. The third kappa shape index (κ3) is 2.28. The topological polar surface area (TPSA) is 63.6 Å². The Morgan fingerprint density at radius 1 is 1.08 bits per heavy atom. The highest BCUT2D eigenvalue weighted by atomic mass is 16.1. The van der Waals surface area contributed by atoms with E-state index in [1.807, 2.05) is 36.4 Å². The number of hydrogen-bond acceptors (Lipinski definition) is 3. The summed E-state index contributed by atoms with van der Waals surface area (Å²) in [7, 11) is 0. The number of carbonyl (C=O) groups is 1. The van der Waals surface area contributed by atoms with E-state index in [2.05, 4.69) is 34.1 Å². The Hall–Kier alpha value is -3.21. The molecule has 0 aliphatic heterocycles. The van der Waals surface area contributed by atoms with E-state index in [0.29, 0.717) is 12.4 Å². The van der Waals surface area contributed by atoms with Crippen molar-refractivity contribution < 1.29 is 4.79 Å². The molecule has 2 aromatic heterocycles. The number of nitrogens with zero attached hydrogens (tertiary/aromatic N) is 3. The molecule has 0 spiro atoms. The van der Waals surface area contributed by atoms with Gasteiger partial charge in [0.05, 0.1) is 28.5 Å². The summed E-state index contributed by atoms with van der Waals surface area (Å²) < 4.78 is 1.79. The number of aromatic nitrogens is 4. The molecule has 0 unspecified atom stereocenters. The number of aryl methyl sites for hydroxylation is 1. The van der Waals surface area contributed by atoms with Crippen molar-refractivity contribution in [3.63, 3.8) is 0 Å². The highest BCUT2D eigenvalue weighted by Gasteiger charge is 2.31. The van der Waals surface area contributed by atoms with Gasteiger partial charge in [0.1, 0.15) is 0 Å². The van der Waals surface area contributed by atoms with E-state index in [9.17, 15) is 4.79 Å². The Labute approximate surface area is 150 Å². The minimum Gasteiger partial charge on any atom is -0.322 e. The second-order valence-electron chi connectivity index (χ2n) is 6.88. The van der Waals surface area contributed by atoms with Crippen molar-refractivity contribution in [2.75, 3.05) is 0 Å². The average Bonchev–Trinajstić information content (AvgIpc) is 3.25. The molecule has 5 heteroatoms. The standard InChI is InChI=1S/C21H18N4O/c1-13-6-2-3-7-15(13)14-10-19-16(20(26)11-14)12-22-25(19)21-23-17-8-4-5-9-18(17)24-21/h2-9,12,14H,10-11H2,1H3,(H,23,24)/t14-/m1/s1. The molecule has 2 aromatic carbocycles. The maximum atomic E-state index is 12.7. The van der Waals surface area contributed by atoms with Crippen LogP contribution in [-0.4, -0.2) is 25.5 Å². The van der Waals surface area contributed by atoms with Crippen molar-refractivity contribution in [3.05, 3.63) is 77.1 Å². The van der Waals surface area contributed by atoms with Crippen molar-refractivity contribution in [2.45, 2.75) is 25.7 Å². The zero-order valence-electron chi connectivity index (χ0n) is 14.4. The van der Waals surface area contributed by atoms with E-state index in [1.165, 1.54) is 11.1 Å². The molecule has 26 heavy (non-hydrogen) atoms. The lowest BCUT2D eigenvalue weighted by Gasteiger charge is -2.23. The van der Waals surface area contributed by atoms with Gasteiger partial charge in [0.2, 0.25) is 5.95 Å². The molecule has 128 valence electrons. The molecule has 4 aromatic rings. The predicted molar refractivity (Wildman–Crippen MR) is 99.8 cm³/mol. The van der Waals surface area contributed by atoms with Crippen LogP contribution in [-0.2, 0) is 6.42 Å². The van der Waals surface area contributed by atoms with Crippen molar-refractivity contribution >= 4 is 16.8 Å². The van der Waals surface area contributed by atoms with Gasteiger partial charge in [-0.1, -0.05) is 36.4 Å². The van der Waals surface area contributed by atoms with Crippen molar-refractivity contribution in [3.8, 4) is 5.95 Å². The third-order valence-electron chi connectivity index (χ3n) is 5.25. The fourth-order valence-electron chi connectivity index (χ4n) is 3.93. The van der Waals surface area contributed by atoms with E-state index in [0.717, 1.165) is 28.7 Å². The summed E-state index contributed by atoms with van der Waals surface area (Å²) in [5.74, 6) is 0.989. The number of aromatic amines is 1. The Morgan fingerprint density at radius 2 is 1.88 bits per heavy atom. The number of rotatable bonds is 2. The summed E-state index contributed by atoms with van der Waals surface area (Å²) in [6, 6.07) is 16.2. The zero-order chi connectivity index (χ0) is 17.7. The van der Waals surface area contributed by atoms with Gasteiger partial charge in [-0.2, -0.15) is 5.10 Å². The minimum absolute atomic E-state index is 0.155. The van der Waals surface area contributed by atoms with Crippen LogP contribution in [0.15, 0.2) is 54.7 Å². The molecule has 0 bridgehead atoms. The molecule has 2 heterocycles. The number of benzene rings is 2. The van der Waals surface area contributed by atoms with Gasteiger partial charge >= 0.3 is 0 Å². The van der Waals surface area contributed by atoms with Crippen LogP contribution in [0.3, 0.4) is 0 Å². The molecule has 0 fully saturated rings. The molecule has 1 N–H and O–H groups in total. The first-order chi connectivity index (χ1) is 12.7. The van der Waals surface area contributed by atoms with Crippen molar-refractivity contribution in [1.29, 1.82) is 0 Å². The number of fused-ring (bicyclic) bond motifs is 2. The van der Waals surface area contributed by atoms with E-state index in [-0.39, 0.29) is 11.7 Å². The summed E-state index contributed by atoms with van der Waals surface area (Å²) in [5, 5.41) is 4.47. The van der Waals surface area contributed by atoms with Crippen LogP contribution in [0.5, 0.6) is 0 Å². The molecule has 5 nitrogen and oxygen atoms in total. The minimum atomic E-state index is 0.155. The van der Waals surface area contributed by atoms with Crippen LogP contribution in [0, 0.1) is 6.92 Å². The molecule has 1 aliphatic carbocycles. The number of carbonyl (C=O) groups excluding carboxylic acids is 1. The molecular formula is C21H18N4O. The van der Waals surface area contributed by atoms with E-state index >= 15 is 0 Å². The normalized spacial score (nSPS) is 16.8. The monoisotopic (exact) mass is 342 g/mol.